The van der Waals surface area contributed by atoms with Gasteiger partial charge in [-0.1, -0.05) is 12.8 Å². The van der Waals surface area contributed by atoms with E-state index in [4.69, 9.17) is 0 Å². The zero-order chi connectivity index (χ0) is 12.5. The molecule has 2 aliphatic heterocycles. The second-order valence-corrected chi connectivity index (χ2v) is 6.30. The van der Waals surface area contributed by atoms with Crippen molar-refractivity contribution < 1.29 is 4.79 Å². The molecular formula is C14H25N3O. The molecule has 0 aromatic heterocycles. The van der Waals surface area contributed by atoms with Crippen LogP contribution in [0.5, 0.6) is 0 Å². The lowest BCUT2D eigenvalue weighted by atomic mass is 10.0. The molecule has 3 fully saturated rings. The van der Waals surface area contributed by atoms with Crippen molar-refractivity contribution in [3.63, 3.8) is 0 Å². The molecule has 3 aliphatic rings. The van der Waals surface area contributed by atoms with Gasteiger partial charge in [0.05, 0.1) is 6.04 Å². The fourth-order valence-electron chi connectivity index (χ4n) is 3.77. The summed E-state index contributed by atoms with van der Waals surface area (Å²) < 4.78 is 0. The Balaban J connectivity index is 1.51. The third-order valence-electron chi connectivity index (χ3n) is 5.05. The summed E-state index contributed by atoms with van der Waals surface area (Å²) in [6.45, 7) is 6.53. The van der Waals surface area contributed by atoms with Crippen LogP contribution in [0.25, 0.3) is 0 Å². The van der Waals surface area contributed by atoms with E-state index in [1.54, 1.807) is 0 Å². The average Bonchev–Trinajstić information content (AvgIpc) is 3.02. The third-order valence-corrected chi connectivity index (χ3v) is 5.05. The summed E-state index contributed by atoms with van der Waals surface area (Å²) in [6, 6.07) is 0.500. The Bertz CT molecular complexity index is 302. The van der Waals surface area contributed by atoms with Gasteiger partial charge in [-0.3, -0.25) is 9.69 Å². The van der Waals surface area contributed by atoms with Crippen LogP contribution < -0.4 is 10.6 Å². The minimum Gasteiger partial charge on any atom is -0.352 e. The highest BCUT2D eigenvalue weighted by molar-refractivity contribution is 5.81. The van der Waals surface area contributed by atoms with Crippen LogP contribution in [-0.4, -0.2) is 49.1 Å². The molecule has 18 heavy (non-hydrogen) atoms. The van der Waals surface area contributed by atoms with Crippen molar-refractivity contribution in [2.24, 2.45) is 11.8 Å². The van der Waals surface area contributed by atoms with E-state index in [1.165, 1.54) is 25.7 Å². The lowest BCUT2D eigenvalue weighted by Crippen LogP contribution is -2.47. The van der Waals surface area contributed by atoms with Gasteiger partial charge < -0.3 is 10.6 Å². The highest BCUT2D eigenvalue weighted by Crippen LogP contribution is 2.27. The SMILES string of the molecule is CC(C(=O)NC1CCCC1)N1CC2CNCC2C1. The zero-order valence-corrected chi connectivity index (χ0v) is 11.3. The maximum Gasteiger partial charge on any atom is 0.237 e. The monoisotopic (exact) mass is 251 g/mol. The number of likely N-dealkylation sites (tertiary alicyclic amines) is 1. The Morgan fingerprint density at radius 2 is 1.83 bits per heavy atom. The molecule has 0 bridgehead atoms. The smallest absolute Gasteiger partial charge is 0.237 e. The number of fused-ring (bicyclic) bond motifs is 1. The minimum atomic E-state index is 0.0520. The van der Waals surface area contributed by atoms with Crippen molar-refractivity contribution >= 4 is 5.91 Å². The van der Waals surface area contributed by atoms with Gasteiger partial charge in [0.25, 0.3) is 0 Å². The normalized spacial score (nSPS) is 34.7. The van der Waals surface area contributed by atoms with Crippen LogP contribution in [0.1, 0.15) is 32.6 Å². The quantitative estimate of drug-likeness (QED) is 0.771. The first-order valence-electron chi connectivity index (χ1n) is 7.49. The second kappa shape index (κ2) is 5.17. The van der Waals surface area contributed by atoms with E-state index >= 15 is 0 Å². The number of carbonyl (C=O) groups is 1. The highest BCUT2D eigenvalue weighted by atomic mass is 16.2. The van der Waals surface area contributed by atoms with Crippen molar-refractivity contribution in [1.82, 2.24) is 15.5 Å². The molecule has 1 aliphatic carbocycles. The van der Waals surface area contributed by atoms with Crippen LogP contribution in [0.2, 0.25) is 0 Å². The second-order valence-electron chi connectivity index (χ2n) is 6.30. The summed E-state index contributed by atoms with van der Waals surface area (Å²) in [5.41, 5.74) is 0. The Morgan fingerprint density at radius 1 is 1.22 bits per heavy atom. The van der Waals surface area contributed by atoms with Crippen LogP contribution in [-0.2, 0) is 4.79 Å². The Hall–Kier alpha value is -0.610. The summed E-state index contributed by atoms with van der Waals surface area (Å²) in [4.78, 5) is 14.6. The number of nitrogens with zero attached hydrogens (tertiary/aromatic N) is 1. The van der Waals surface area contributed by atoms with E-state index in [0.717, 1.165) is 38.0 Å². The summed E-state index contributed by atoms with van der Waals surface area (Å²) in [5.74, 6) is 1.79. The lowest BCUT2D eigenvalue weighted by molar-refractivity contribution is -0.126. The summed E-state index contributed by atoms with van der Waals surface area (Å²) in [5, 5.41) is 6.67. The lowest BCUT2D eigenvalue weighted by Gasteiger charge is -2.25. The maximum atomic E-state index is 12.2. The first-order valence-corrected chi connectivity index (χ1v) is 7.49. The standard InChI is InChI=1S/C14H25N3O/c1-10(14(18)16-13-4-2-3-5-13)17-8-11-6-15-7-12(11)9-17/h10-13,15H,2-9H2,1H3,(H,16,18). The Labute approximate surface area is 109 Å². The van der Waals surface area contributed by atoms with E-state index in [2.05, 4.69) is 22.5 Å². The molecular weight excluding hydrogens is 226 g/mol. The van der Waals surface area contributed by atoms with E-state index in [9.17, 15) is 4.79 Å². The molecule has 3 rings (SSSR count). The molecule has 4 nitrogen and oxygen atoms in total. The molecule has 0 aromatic carbocycles. The molecule has 1 amide bonds. The molecule has 102 valence electrons. The van der Waals surface area contributed by atoms with Crippen LogP contribution in [0.4, 0.5) is 0 Å². The summed E-state index contributed by atoms with van der Waals surface area (Å²) >= 11 is 0. The largest absolute Gasteiger partial charge is 0.352 e. The molecule has 0 aromatic rings. The Morgan fingerprint density at radius 3 is 2.44 bits per heavy atom. The number of hydrogen-bond acceptors (Lipinski definition) is 3. The van der Waals surface area contributed by atoms with Crippen molar-refractivity contribution in [3.05, 3.63) is 0 Å². The number of amides is 1. The van der Waals surface area contributed by atoms with Crippen LogP contribution in [0.3, 0.4) is 0 Å². The maximum absolute atomic E-state index is 12.2. The number of rotatable bonds is 3. The van der Waals surface area contributed by atoms with Crippen LogP contribution >= 0.6 is 0 Å². The van der Waals surface area contributed by atoms with Gasteiger partial charge in [0.15, 0.2) is 0 Å². The topological polar surface area (TPSA) is 44.4 Å². The Kier molecular flexibility index (Phi) is 3.57. The van der Waals surface area contributed by atoms with Gasteiger partial charge in [0.1, 0.15) is 0 Å². The van der Waals surface area contributed by atoms with Gasteiger partial charge in [-0.05, 0) is 44.7 Å². The fourth-order valence-corrected chi connectivity index (χ4v) is 3.77. The van der Waals surface area contributed by atoms with Gasteiger partial charge in [0.2, 0.25) is 5.91 Å². The molecule has 2 N–H and O–H groups in total. The van der Waals surface area contributed by atoms with Gasteiger partial charge >= 0.3 is 0 Å². The number of hydrogen-bond donors (Lipinski definition) is 2. The van der Waals surface area contributed by atoms with Crippen molar-refractivity contribution in [2.45, 2.75) is 44.7 Å². The predicted octanol–water partition coefficient (Wildman–Crippen LogP) is 0.585. The van der Waals surface area contributed by atoms with Gasteiger partial charge in [0, 0.05) is 19.1 Å². The van der Waals surface area contributed by atoms with Crippen LogP contribution in [0, 0.1) is 11.8 Å². The van der Waals surface area contributed by atoms with Gasteiger partial charge in [-0.2, -0.15) is 0 Å². The first kappa shape index (κ1) is 12.4. The molecule has 1 saturated carbocycles. The predicted molar refractivity (Wildman–Crippen MR) is 71.3 cm³/mol. The molecule has 3 atom stereocenters. The van der Waals surface area contributed by atoms with E-state index in [1.807, 2.05) is 0 Å². The van der Waals surface area contributed by atoms with E-state index in [0.29, 0.717) is 6.04 Å². The summed E-state index contributed by atoms with van der Waals surface area (Å²) in [7, 11) is 0. The third kappa shape index (κ3) is 2.41. The first-order chi connectivity index (χ1) is 8.74. The average molecular weight is 251 g/mol. The van der Waals surface area contributed by atoms with Crippen molar-refractivity contribution in [2.75, 3.05) is 26.2 Å². The van der Waals surface area contributed by atoms with Crippen molar-refractivity contribution in [3.8, 4) is 0 Å². The molecule has 0 spiro atoms. The summed E-state index contributed by atoms with van der Waals surface area (Å²) in [6.07, 6.45) is 4.90. The molecule has 2 heterocycles. The minimum absolute atomic E-state index is 0.0520. The fraction of sp³-hybridized carbons (Fsp3) is 0.929. The van der Waals surface area contributed by atoms with Crippen LogP contribution in [0.15, 0.2) is 0 Å². The molecule has 3 unspecified atom stereocenters. The molecule has 4 heteroatoms. The van der Waals surface area contributed by atoms with Gasteiger partial charge in [-0.15, -0.1) is 0 Å². The zero-order valence-electron chi connectivity index (χ0n) is 11.3. The van der Waals surface area contributed by atoms with Gasteiger partial charge in [-0.25, -0.2) is 0 Å². The molecule has 0 radical (unpaired) electrons. The number of carbonyl (C=O) groups excluding carboxylic acids is 1. The highest BCUT2D eigenvalue weighted by Gasteiger charge is 2.39. The van der Waals surface area contributed by atoms with Crippen molar-refractivity contribution in [1.29, 1.82) is 0 Å². The van der Waals surface area contributed by atoms with E-state index in [-0.39, 0.29) is 11.9 Å². The number of nitrogens with one attached hydrogen (secondary N) is 2. The molecule has 2 saturated heterocycles. The van der Waals surface area contributed by atoms with E-state index < -0.39 is 0 Å².